The molecule has 55 valence electrons. The molecule has 2 heteroatoms. The maximum atomic E-state index is 12.7. The molecule has 11 heavy (non-hydrogen) atoms. The van der Waals surface area contributed by atoms with Gasteiger partial charge in [-0.1, -0.05) is 0 Å². The summed E-state index contributed by atoms with van der Waals surface area (Å²) in [7, 11) is 0. The number of halogens is 1. The van der Waals surface area contributed by atoms with E-state index < -0.39 is 0 Å². The van der Waals surface area contributed by atoms with Crippen LogP contribution in [0.5, 0.6) is 0 Å². The smallest absolute Gasteiger partial charge is 0.124 e. The average molecular weight is 165 g/mol. The number of rotatable bonds is 0. The molecule has 0 saturated heterocycles. The van der Waals surface area contributed by atoms with Gasteiger partial charge in [0.1, 0.15) is 5.82 Å². The van der Waals surface area contributed by atoms with Crippen molar-refractivity contribution in [1.29, 1.82) is 0 Å². The van der Waals surface area contributed by atoms with E-state index in [1.54, 1.807) is 11.3 Å². The van der Waals surface area contributed by atoms with E-state index in [1.165, 1.54) is 12.1 Å². The summed E-state index contributed by atoms with van der Waals surface area (Å²) < 4.78 is 13.8. The molecule has 0 aliphatic heterocycles. The fourth-order valence-electron chi connectivity index (χ4n) is 1.12. The second-order valence-electron chi connectivity index (χ2n) is 2.40. The molecule has 0 bridgehead atoms. The van der Waals surface area contributed by atoms with E-state index in [0.29, 0.717) is 0 Å². The zero-order valence-electron chi connectivity index (χ0n) is 5.80. The highest BCUT2D eigenvalue weighted by Gasteiger charge is 2.00. The molecule has 0 nitrogen and oxygen atoms in total. The first-order valence-corrected chi connectivity index (χ1v) is 4.14. The van der Waals surface area contributed by atoms with Gasteiger partial charge in [-0.2, -0.15) is 0 Å². The van der Waals surface area contributed by atoms with E-state index in [2.05, 4.69) is 6.92 Å². The lowest BCUT2D eigenvalue weighted by Crippen LogP contribution is -1.76. The lowest BCUT2D eigenvalue weighted by atomic mass is 10.2. The second kappa shape index (κ2) is 2.31. The Balaban J connectivity index is 2.91. The number of fused-ring (bicyclic) bond motifs is 1. The molecular formula is C9H6FS. The normalized spacial score (nSPS) is 10.7. The summed E-state index contributed by atoms with van der Waals surface area (Å²) in [6.07, 6.45) is 0. The van der Waals surface area contributed by atoms with Crippen molar-refractivity contribution in [1.82, 2.24) is 0 Å². The van der Waals surface area contributed by atoms with Crippen LogP contribution in [0.2, 0.25) is 0 Å². The van der Waals surface area contributed by atoms with Gasteiger partial charge in [-0.15, -0.1) is 11.3 Å². The average Bonchev–Trinajstić information content (AvgIpc) is 2.34. The van der Waals surface area contributed by atoms with Gasteiger partial charge >= 0.3 is 0 Å². The van der Waals surface area contributed by atoms with Crippen molar-refractivity contribution < 1.29 is 4.39 Å². The highest BCUT2D eigenvalue weighted by atomic mass is 32.1. The van der Waals surface area contributed by atoms with Gasteiger partial charge in [0.2, 0.25) is 0 Å². The Morgan fingerprint density at radius 1 is 1.36 bits per heavy atom. The van der Waals surface area contributed by atoms with Crippen LogP contribution in [0.15, 0.2) is 23.6 Å². The maximum Gasteiger partial charge on any atom is 0.124 e. The van der Waals surface area contributed by atoms with Crippen molar-refractivity contribution in [3.8, 4) is 0 Å². The van der Waals surface area contributed by atoms with Crippen molar-refractivity contribution in [2.75, 3.05) is 0 Å². The van der Waals surface area contributed by atoms with E-state index in [-0.39, 0.29) is 5.82 Å². The number of thiophene rings is 1. The molecule has 2 rings (SSSR count). The molecule has 0 fully saturated rings. The molecule has 0 spiro atoms. The Bertz CT molecular complexity index is 389. The topological polar surface area (TPSA) is 0 Å². The Kier molecular flexibility index (Phi) is 1.43. The zero-order valence-corrected chi connectivity index (χ0v) is 6.62. The summed E-state index contributed by atoms with van der Waals surface area (Å²) in [6.45, 7) is 3.75. The van der Waals surface area contributed by atoms with Gasteiger partial charge in [0.25, 0.3) is 0 Å². The van der Waals surface area contributed by atoms with E-state index in [1.807, 2.05) is 11.4 Å². The molecule has 0 atom stereocenters. The van der Waals surface area contributed by atoms with Crippen LogP contribution < -0.4 is 0 Å². The van der Waals surface area contributed by atoms with E-state index in [0.717, 1.165) is 15.6 Å². The summed E-state index contributed by atoms with van der Waals surface area (Å²) in [5, 5.41) is 2.89. The van der Waals surface area contributed by atoms with Crippen LogP contribution in [0.1, 0.15) is 5.56 Å². The standard InChI is InChI=1S/C9H6FS/c1-6-4-8(10)5-7-2-3-11-9(6)7/h2-5H,1H2. The van der Waals surface area contributed by atoms with Crippen molar-refractivity contribution in [3.05, 3.63) is 41.9 Å². The molecule has 0 unspecified atom stereocenters. The third-order valence-electron chi connectivity index (χ3n) is 1.59. The first-order valence-electron chi connectivity index (χ1n) is 3.26. The van der Waals surface area contributed by atoms with Gasteiger partial charge in [-0.05, 0) is 41.5 Å². The predicted molar refractivity (Wildman–Crippen MR) is 46.2 cm³/mol. The Morgan fingerprint density at radius 2 is 2.18 bits per heavy atom. The van der Waals surface area contributed by atoms with Crippen molar-refractivity contribution in [2.24, 2.45) is 0 Å². The summed E-state index contributed by atoms with van der Waals surface area (Å²) in [5.41, 5.74) is 0.773. The summed E-state index contributed by atoms with van der Waals surface area (Å²) in [6, 6.07) is 4.89. The van der Waals surface area contributed by atoms with Gasteiger partial charge in [-0.3, -0.25) is 0 Å². The van der Waals surface area contributed by atoms with Crippen LogP contribution in [0, 0.1) is 12.7 Å². The molecule has 1 heterocycles. The molecule has 1 aromatic heterocycles. The maximum absolute atomic E-state index is 12.7. The van der Waals surface area contributed by atoms with Gasteiger partial charge in [0.05, 0.1) is 0 Å². The first kappa shape index (κ1) is 6.80. The van der Waals surface area contributed by atoms with Crippen molar-refractivity contribution in [2.45, 2.75) is 0 Å². The van der Waals surface area contributed by atoms with Gasteiger partial charge in [0.15, 0.2) is 0 Å². The molecule has 1 aromatic carbocycles. The second-order valence-corrected chi connectivity index (χ2v) is 3.32. The van der Waals surface area contributed by atoms with Gasteiger partial charge < -0.3 is 0 Å². The van der Waals surface area contributed by atoms with Crippen LogP contribution in [0.25, 0.3) is 10.1 Å². The van der Waals surface area contributed by atoms with E-state index >= 15 is 0 Å². The third-order valence-corrected chi connectivity index (χ3v) is 2.60. The number of benzene rings is 1. The summed E-state index contributed by atoms with van der Waals surface area (Å²) in [4.78, 5) is 0. The van der Waals surface area contributed by atoms with E-state index in [9.17, 15) is 4.39 Å². The highest BCUT2D eigenvalue weighted by Crippen LogP contribution is 2.25. The lowest BCUT2D eigenvalue weighted by Gasteiger charge is -1.94. The van der Waals surface area contributed by atoms with Gasteiger partial charge in [-0.25, -0.2) is 4.39 Å². The monoisotopic (exact) mass is 165 g/mol. The molecule has 0 aliphatic carbocycles. The van der Waals surface area contributed by atoms with E-state index in [4.69, 9.17) is 0 Å². The lowest BCUT2D eigenvalue weighted by molar-refractivity contribution is 0.629. The fraction of sp³-hybridized carbons (Fsp3) is 0. The molecule has 0 aliphatic rings. The van der Waals surface area contributed by atoms with Crippen molar-refractivity contribution in [3.63, 3.8) is 0 Å². The quantitative estimate of drug-likeness (QED) is 0.562. The Labute approximate surface area is 68.3 Å². The van der Waals surface area contributed by atoms with Crippen LogP contribution >= 0.6 is 11.3 Å². The zero-order chi connectivity index (χ0) is 7.84. The largest absolute Gasteiger partial charge is 0.207 e. The molecule has 1 radical (unpaired) electrons. The Morgan fingerprint density at radius 3 is 3.00 bits per heavy atom. The first-order chi connectivity index (χ1) is 5.27. The third kappa shape index (κ3) is 1.03. The molecule has 0 saturated carbocycles. The van der Waals surface area contributed by atoms with Crippen LogP contribution in [-0.2, 0) is 0 Å². The van der Waals surface area contributed by atoms with Crippen LogP contribution in [0.4, 0.5) is 4.39 Å². The molecular weight excluding hydrogens is 159 g/mol. The Hall–Kier alpha value is -0.890. The highest BCUT2D eigenvalue weighted by molar-refractivity contribution is 7.17. The molecule has 0 amide bonds. The number of hydrogen-bond donors (Lipinski definition) is 0. The molecule has 0 N–H and O–H groups in total. The minimum atomic E-state index is -0.207. The van der Waals surface area contributed by atoms with Gasteiger partial charge in [0, 0.05) is 4.70 Å². The summed E-state index contributed by atoms with van der Waals surface area (Å²) in [5.74, 6) is -0.207. The van der Waals surface area contributed by atoms with Crippen LogP contribution in [-0.4, -0.2) is 0 Å². The minimum Gasteiger partial charge on any atom is -0.207 e. The molecule has 2 aromatic rings. The predicted octanol–water partition coefficient (Wildman–Crippen LogP) is 3.22. The number of hydrogen-bond acceptors (Lipinski definition) is 1. The van der Waals surface area contributed by atoms with Crippen molar-refractivity contribution >= 4 is 21.4 Å². The minimum absolute atomic E-state index is 0.207. The summed E-state index contributed by atoms with van der Waals surface area (Å²) >= 11 is 1.59. The van der Waals surface area contributed by atoms with Crippen LogP contribution in [0.3, 0.4) is 0 Å². The fourth-order valence-corrected chi connectivity index (χ4v) is 1.94. The SMILES string of the molecule is [CH2]c1cc(F)cc2ccsc12.